The minimum absolute atomic E-state index is 0.0107. The Kier molecular flexibility index (Phi) is 4.04. The molecule has 1 aliphatic rings. The summed E-state index contributed by atoms with van der Waals surface area (Å²) in [4.78, 5) is 0. The fraction of sp³-hybridized carbons (Fsp3) is 0.529. The molecule has 1 aromatic carbocycles. The fourth-order valence-electron chi connectivity index (χ4n) is 3.37. The first-order valence-corrected chi connectivity index (χ1v) is 8.06. The van der Waals surface area contributed by atoms with Crippen LogP contribution in [0.2, 0.25) is 5.02 Å². The minimum Gasteiger partial charge on any atom is -0.459 e. The second-order valence-corrected chi connectivity index (χ2v) is 6.30. The van der Waals surface area contributed by atoms with Crippen LogP contribution in [0.4, 0.5) is 0 Å². The summed E-state index contributed by atoms with van der Waals surface area (Å²) in [5.74, 6) is 1.08. The van der Waals surface area contributed by atoms with Crippen LogP contribution < -0.4 is 5.32 Å². The Bertz CT molecular complexity index is 582. The van der Waals surface area contributed by atoms with Gasteiger partial charge < -0.3 is 9.73 Å². The van der Waals surface area contributed by atoms with E-state index in [0.29, 0.717) is 0 Å². The van der Waals surface area contributed by atoms with Gasteiger partial charge in [-0.15, -0.1) is 0 Å². The van der Waals surface area contributed by atoms with Gasteiger partial charge in [-0.1, -0.05) is 37.8 Å². The first-order chi connectivity index (χ1) is 9.73. The van der Waals surface area contributed by atoms with Gasteiger partial charge >= 0.3 is 0 Å². The number of rotatable bonds is 3. The zero-order valence-electron chi connectivity index (χ0n) is 12.0. The third-order valence-electron chi connectivity index (χ3n) is 4.37. The van der Waals surface area contributed by atoms with Crippen molar-refractivity contribution in [2.24, 2.45) is 0 Å². The van der Waals surface area contributed by atoms with Gasteiger partial charge in [-0.25, -0.2) is 0 Å². The van der Waals surface area contributed by atoms with Crippen molar-refractivity contribution in [1.82, 2.24) is 5.32 Å². The summed E-state index contributed by atoms with van der Waals surface area (Å²) in [6.45, 7) is 3.33. The molecule has 0 amide bonds. The Morgan fingerprint density at radius 1 is 1.25 bits per heavy atom. The van der Waals surface area contributed by atoms with Gasteiger partial charge in [-0.3, -0.25) is 0 Å². The molecular formula is C17H22ClNO. The SMILES string of the molecule is CCCC1(c2cc3cc(Cl)ccc3o2)CCCCCN1. The molecule has 0 spiro atoms. The van der Waals surface area contributed by atoms with Gasteiger partial charge in [-0.2, -0.15) is 0 Å². The lowest BCUT2D eigenvalue weighted by Gasteiger charge is -2.31. The molecule has 1 fully saturated rings. The van der Waals surface area contributed by atoms with Crippen molar-refractivity contribution in [3.8, 4) is 0 Å². The molecule has 0 saturated carbocycles. The molecule has 2 aromatic rings. The molecule has 3 heteroatoms. The predicted octanol–water partition coefficient (Wildman–Crippen LogP) is 5.25. The van der Waals surface area contributed by atoms with Crippen LogP contribution in [0, 0.1) is 0 Å². The van der Waals surface area contributed by atoms with Crippen molar-refractivity contribution in [3.05, 3.63) is 35.0 Å². The molecule has 1 atom stereocenters. The Balaban J connectivity index is 2.03. The number of benzene rings is 1. The molecule has 1 unspecified atom stereocenters. The maximum Gasteiger partial charge on any atom is 0.134 e. The summed E-state index contributed by atoms with van der Waals surface area (Å²) in [5, 5.41) is 5.63. The van der Waals surface area contributed by atoms with E-state index in [-0.39, 0.29) is 5.54 Å². The normalized spacial score (nSPS) is 23.9. The van der Waals surface area contributed by atoms with Crippen LogP contribution in [-0.4, -0.2) is 6.54 Å². The molecule has 2 nitrogen and oxygen atoms in total. The van der Waals surface area contributed by atoms with Gasteiger partial charge in [0.1, 0.15) is 11.3 Å². The van der Waals surface area contributed by atoms with E-state index in [4.69, 9.17) is 16.0 Å². The third kappa shape index (κ3) is 2.59. The summed E-state index contributed by atoms with van der Waals surface area (Å²) < 4.78 is 6.15. The molecule has 1 saturated heterocycles. The molecule has 0 bridgehead atoms. The third-order valence-corrected chi connectivity index (χ3v) is 4.61. The molecule has 1 N–H and O–H groups in total. The first-order valence-electron chi connectivity index (χ1n) is 7.68. The summed E-state index contributed by atoms with van der Waals surface area (Å²) in [7, 11) is 0. The number of hydrogen-bond acceptors (Lipinski definition) is 2. The number of hydrogen-bond donors (Lipinski definition) is 1. The van der Waals surface area contributed by atoms with Crippen LogP contribution in [0.3, 0.4) is 0 Å². The van der Waals surface area contributed by atoms with E-state index in [1.807, 2.05) is 18.2 Å². The highest BCUT2D eigenvalue weighted by molar-refractivity contribution is 6.31. The molecule has 2 heterocycles. The van der Waals surface area contributed by atoms with Crippen molar-refractivity contribution in [1.29, 1.82) is 0 Å². The maximum atomic E-state index is 6.15. The first kappa shape index (κ1) is 14.0. The van der Waals surface area contributed by atoms with Crippen LogP contribution in [0.25, 0.3) is 11.0 Å². The molecule has 0 aliphatic carbocycles. The predicted molar refractivity (Wildman–Crippen MR) is 84.3 cm³/mol. The summed E-state index contributed by atoms with van der Waals surface area (Å²) in [5.41, 5.74) is 0.947. The van der Waals surface area contributed by atoms with Crippen molar-refractivity contribution < 1.29 is 4.42 Å². The largest absolute Gasteiger partial charge is 0.459 e. The van der Waals surface area contributed by atoms with Crippen LogP contribution in [-0.2, 0) is 5.54 Å². The fourth-order valence-corrected chi connectivity index (χ4v) is 3.55. The van der Waals surface area contributed by atoms with Crippen LogP contribution in [0.15, 0.2) is 28.7 Å². The molecule has 108 valence electrons. The van der Waals surface area contributed by atoms with Gasteiger partial charge in [-0.05, 0) is 50.1 Å². The monoisotopic (exact) mass is 291 g/mol. The van der Waals surface area contributed by atoms with Crippen molar-refractivity contribution >= 4 is 22.6 Å². The van der Waals surface area contributed by atoms with Crippen LogP contribution in [0.5, 0.6) is 0 Å². The number of fused-ring (bicyclic) bond motifs is 1. The molecule has 0 radical (unpaired) electrons. The van der Waals surface area contributed by atoms with Gasteiger partial charge in [0, 0.05) is 10.4 Å². The number of furan rings is 1. The quantitative estimate of drug-likeness (QED) is 0.836. The zero-order chi connectivity index (χ0) is 14.0. The molecule has 1 aromatic heterocycles. The highest BCUT2D eigenvalue weighted by Crippen LogP contribution is 2.37. The van der Waals surface area contributed by atoms with E-state index >= 15 is 0 Å². The smallest absolute Gasteiger partial charge is 0.134 e. The van der Waals surface area contributed by atoms with Crippen LogP contribution >= 0.6 is 11.6 Å². The Hall–Kier alpha value is -0.990. The van der Waals surface area contributed by atoms with E-state index in [0.717, 1.165) is 47.6 Å². The summed E-state index contributed by atoms with van der Waals surface area (Å²) in [6.07, 6.45) is 7.28. The van der Waals surface area contributed by atoms with E-state index < -0.39 is 0 Å². The van der Waals surface area contributed by atoms with Gasteiger partial charge in [0.2, 0.25) is 0 Å². The molecular weight excluding hydrogens is 270 g/mol. The number of halogens is 1. The van der Waals surface area contributed by atoms with E-state index in [1.165, 1.54) is 19.3 Å². The van der Waals surface area contributed by atoms with Gasteiger partial charge in [0.25, 0.3) is 0 Å². The Morgan fingerprint density at radius 3 is 3.00 bits per heavy atom. The standard InChI is InChI=1S/C17H22ClNO/c1-2-8-17(9-4-3-5-10-19-17)16-12-13-11-14(18)6-7-15(13)20-16/h6-7,11-12,19H,2-5,8-10H2,1H3. The van der Waals surface area contributed by atoms with Crippen LogP contribution in [0.1, 0.15) is 51.2 Å². The zero-order valence-corrected chi connectivity index (χ0v) is 12.8. The lowest BCUT2D eigenvalue weighted by atomic mass is 9.86. The lowest BCUT2D eigenvalue weighted by Crippen LogP contribution is -2.41. The van der Waals surface area contributed by atoms with Gasteiger partial charge in [0.15, 0.2) is 0 Å². The highest BCUT2D eigenvalue weighted by atomic mass is 35.5. The van der Waals surface area contributed by atoms with Crippen molar-refractivity contribution in [2.45, 2.75) is 51.0 Å². The molecule has 1 aliphatic heterocycles. The molecule has 20 heavy (non-hydrogen) atoms. The summed E-state index contributed by atoms with van der Waals surface area (Å²) >= 11 is 6.08. The Morgan fingerprint density at radius 2 is 2.15 bits per heavy atom. The average molecular weight is 292 g/mol. The Labute approximate surface area is 125 Å². The average Bonchev–Trinajstić information content (AvgIpc) is 2.71. The lowest BCUT2D eigenvalue weighted by molar-refractivity contribution is 0.248. The number of nitrogens with one attached hydrogen (secondary N) is 1. The van der Waals surface area contributed by atoms with Crippen molar-refractivity contribution in [2.75, 3.05) is 6.54 Å². The molecule has 3 rings (SSSR count). The maximum absolute atomic E-state index is 6.15. The second kappa shape index (κ2) is 5.79. The van der Waals surface area contributed by atoms with Gasteiger partial charge in [0.05, 0.1) is 5.54 Å². The minimum atomic E-state index is 0.0107. The second-order valence-electron chi connectivity index (χ2n) is 5.86. The highest BCUT2D eigenvalue weighted by Gasteiger charge is 2.34. The van der Waals surface area contributed by atoms with E-state index in [2.05, 4.69) is 18.3 Å². The topological polar surface area (TPSA) is 25.2 Å². The van der Waals surface area contributed by atoms with E-state index in [1.54, 1.807) is 0 Å². The van der Waals surface area contributed by atoms with E-state index in [9.17, 15) is 0 Å². The van der Waals surface area contributed by atoms with Crippen molar-refractivity contribution in [3.63, 3.8) is 0 Å². The summed E-state index contributed by atoms with van der Waals surface area (Å²) in [6, 6.07) is 8.02.